The predicted octanol–water partition coefficient (Wildman–Crippen LogP) is 4.67. The zero-order chi connectivity index (χ0) is 21.2. The molecule has 5 heteroatoms. The number of nitrogens with zero attached hydrogens (tertiary/aromatic N) is 5. The fourth-order valence-electron chi connectivity index (χ4n) is 5.64. The first-order valence-electron chi connectivity index (χ1n) is 12.0. The summed E-state index contributed by atoms with van der Waals surface area (Å²) in [5.74, 6) is 1.90. The molecule has 1 aromatic carbocycles. The lowest BCUT2D eigenvalue weighted by atomic mass is 9.91. The van der Waals surface area contributed by atoms with Gasteiger partial charge in [-0.15, -0.1) is 0 Å². The molecular weight excluding hydrogens is 382 g/mol. The van der Waals surface area contributed by atoms with E-state index in [0.29, 0.717) is 12.0 Å². The Kier molecular flexibility index (Phi) is 6.06. The summed E-state index contributed by atoms with van der Waals surface area (Å²) >= 11 is 0. The lowest BCUT2D eigenvalue weighted by molar-refractivity contribution is 0.166. The van der Waals surface area contributed by atoms with Gasteiger partial charge >= 0.3 is 0 Å². The van der Waals surface area contributed by atoms with Gasteiger partial charge < -0.3 is 9.47 Å². The first kappa shape index (κ1) is 20.7. The summed E-state index contributed by atoms with van der Waals surface area (Å²) in [4.78, 5) is 14.9. The van der Waals surface area contributed by atoms with Crippen molar-refractivity contribution in [3.05, 3.63) is 59.7 Å². The molecule has 0 bridgehead atoms. The summed E-state index contributed by atoms with van der Waals surface area (Å²) in [6.45, 7) is 7.83. The van der Waals surface area contributed by atoms with Crippen LogP contribution in [0.5, 0.6) is 0 Å². The van der Waals surface area contributed by atoms with Crippen molar-refractivity contribution < 1.29 is 0 Å². The van der Waals surface area contributed by atoms with Crippen molar-refractivity contribution in [2.45, 2.75) is 58.2 Å². The fourth-order valence-corrected chi connectivity index (χ4v) is 5.64. The highest BCUT2D eigenvalue weighted by molar-refractivity contribution is 5.75. The number of imidazole rings is 1. The molecule has 164 valence electrons. The van der Waals surface area contributed by atoms with Crippen LogP contribution in [-0.4, -0.2) is 51.0 Å². The van der Waals surface area contributed by atoms with Crippen molar-refractivity contribution in [2.24, 2.45) is 5.92 Å². The second-order valence-corrected chi connectivity index (χ2v) is 9.40. The number of piperidine rings is 1. The molecule has 1 saturated heterocycles. The van der Waals surface area contributed by atoms with Crippen molar-refractivity contribution in [2.75, 3.05) is 26.7 Å². The average Bonchev–Trinajstić information content (AvgIpc) is 3.15. The highest BCUT2D eigenvalue weighted by atomic mass is 15.2. The molecule has 0 N–H and O–H groups in total. The van der Waals surface area contributed by atoms with Crippen LogP contribution in [0.25, 0.3) is 11.0 Å². The number of aryl methyl sites for hydroxylation is 1. The number of fused-ring (bicyclic) bond motifs is 2. The molecule has 3 heterocycles. The van der Waals surface area contributed by atoms with Gasteiger partial charge in [-0.25, -0.2) is 4.98 Å². The third-order valence-corrected chi connectivity index (χ3v) is 7.31. The number of para-hydroxylation sites is 2. The lowest BCUT2D eigenvalue weighted by Crippen LogP contribution is -2.37. The topological polar surface area (TPSA) is 37.2 Å². The van der Waals surface area contributed by atoms with Gasteiger partial charge in [0.15, 0.2) is 0 Å². The van der Waals surface area contributed by atoms with Gasteiger partial charge in [0, 0.05) is 19.3 Å². The molecule has 0 radical (unpaired) electrons. The summed E-state index contributed by atoms with van der Waals surface area (Å²) < 4.78 is 2.51. The van der Waals surface area contributed by atoms with Gasteiger partial charge in [0.2, 0.25) is 0 Å². The Hall–Kier alpha value is -2.24. The first-order valence-corrected chi connectivity index (χ1v) is 12.0. The molecule has 2 aliphatic rings. The number of likely N-dealkylation sites (tertiary alicyclic amines) is 1. The normalized spacial score (nSPS) is 22.2. The van der Waals surface area contributed by atoms with Crippen LogP contribution in [0.3, 0.4) is 0 Å². The highest BCUT2D eigenvalue weighted by Gasteiger charge is 2.27. The summed E-state index contributed by atoms with van der Waals surface area (Å²) in [5, 5.41) is 0. The van der Waals surface area contributed by atoms with Crippen molar-refractivity contribution in [3.63, 3.8) is 0 Å². The van der Waals surface area contributed by atoms with E-state index >= 15 is 0 Å². The lowest BCUT2D eigenvalue weighted by Gasteiger charge is -2.33. The molecule has 0 amide bonds. The minimum Gasteiger partial charge on any atom is -0.327 e. The average molecular weight is 418 g/mol. The predicted molar refractivity (Wildman–Crippen MR) is 126 cm³/mol. The number of rotatable bonds is 6. The van der Waals surface area contributed by atoms with Crippen LogP contribution < -0.4 is 0 Å². The Labute approximate surface area is 186 Å². The van der Waals surface area contributed by atoms with Gasteiger partial charge in [-0.1, -0.05) is 25.1 Å². The molecule has 1 aliphatic carbocycles. The molecule has 1 aliphatic heterocycles. The molecular formula is C26H35N5. The quantitative estimate of drug-likeness (QED) is 0.584. The summed E-state index contributed by atoms with van der Waals surface area (Å²) in [6.07, 6.45) is 8.14. The third kappa shape index (κ3) is 4.26. The molecule has 3 aromatic rings. The van der Waals surface area contributed by atoms with E-state index in [-0.39, 0.29) is 0 Å². The number of hydrogen-bond acceptors (Lipinski definition) is 4. The zero-order valence-electron chi connectivity index (χ0n) is 19.0. The van der Waals surface area contributed by atoms with E-state index < -0.39 is 0 Å². The van der Waals surface area contributed by atoms with Crippen molar-refractivity contribution in [1.82, 2.24) is 24.3 Å². The number of hydrogen-bond donors (Lipinski definition) is 0. The molecule has 2 aromatic heterocycles. The number of aromatic nitrogens is 3. The Balaban J connectivity index is 1.41. The van der Waals surface area contributed by atoms with E-state index in [4.69, 9.17) is 9.97 Å². The number of pyridine rings is 1. The first-order chi connectivity index (χ1) is 15.2. The zero-order valence-corrected chi connectivity index (χ0v) is 19.0. The van der Waals surface area contributed by atoms with E-state index in [9.17, 15) is 0 Å². The van der Waals surface area contributed by atoms with Crippen LogP contribution >= 0.6 is 0 Å². The SMILES string of the molecule is CCN1CCC[C@H](Cn2c(CN(C)C3CCCc4cccnc43)nc3ccccc32)C1. The molecule has 0 saturated carbocycles. The maximum Gasteiger partial charge on any atom is 0.124 e. The Bertz CT molecular complexity index is 1030. The van der Waals surface area contributed by atoms with Crippen LogP contribution in [0.2, 0.25) is 0 Å². The Morgan fingerprint density at radius 1 is 1.10 bits per heavy atom. The van der Waals surface area contributed by atoms with Crippen LogP contribution in [0.15, 0.2) is 42.6 Å². The maximum absolute atomic E-state index is 5.10. The van der Waals surface area contributed by atoms with Gasteiger partial charge in [0.1, 0.15) is 5.82 Å². The molecule has 5 nitrogen and oxygen atoms in total. The van der Waals surface area contributed by atoms with E-state index in [1.807, 2.05) is 6.20 Å². The van der Waals surface area contributed by atoms with E-state index in [1.54, 1.807) is 0 Å². The van der Waals surface area contributed by atoms with E-state index in [0.717, 1.165) is 31.6 Å². The summed E-state index contributed by atoms with van der Waals surface area (Å²) in [5.41, 5.74) is 5.09. The molecule has 1 unspecified atom stereocenters. The minimum absolute atomic E-state index is 0.378. The van der Waals surface area contributed by atoms with Crippen LogP contribution in [0, 0.1) is 5.92 Å². The second-order valence-electron chi connectivity index (χ2n) is 9.40. The summed E-state index contributed by atoms with van der Waals surface area (Å²) in [6, 6.07) is 13.4. The minimum atomic E-state index is 0.378. The highest BCUT2D eigenvalue weighted by Crippen LogP contribution is 2.33. The smallest absolute Gasteiger partial charge is 0.124 e. The van der Waals surface area contributed by atoms with Gasteiger partial charge in [0.25, 0.3) is 0 Å². The van der Waals surface area contributed by atoms with Gasteiger partial charge in [-0.3, -0.25) is 9.88 Å². The van der Waals surface area contributed by atoms with E-state index in [1.165, 1.54) is 61.4 Å². The number of benzene rings is 1. The largest absolute Gasteiger partial charge is 0.327 e. The monoisotopic (exact) mass is 417 g/mol. The van der Waals surface area contributed by atoms with Crippen LogP contribution in [0.4, 0.5) is 0 Å². The molecule has 0 spiro atoms. The molecule has 1 fully saturated rings. The maximum atomic E-state index is 5.10. The van der Waals surface area contributed by atoms with E-state index in [2.05, 4.69) is 64.7 Å². The fraction of sp³-hybridized carbons (Fsp3) is 0.538. The molecule has 31 heavy (non-hydrogen) atoms. The molecule has 5 rings (SSSR count). The second kappa shape index (κ2) is 9.09. The Morgan fingerprint density at radius 2 is 2.00 bits per heavy atom. The van der Waals surface area contributed by atoms with Crippen molar-refractivity contribution >= 4 is 11.0 Å². The van der Waals surface area contributed by atoms with Crippen molar-refractivity contribution in [1.29, 1.82) is 0 Å². The Morgan fingerprint density at radius 3 is 2.90 bits per heavy atom. The molecule has 2 atom stereocenters. The van der Waals surface area contributed by atoms with Gasteiger partial charge in [-0.2, -0.15) is 0 Å². The van der Waals surface area contributed by atoms with Crippen molar-refractivity contribution in [3.8, 4) is 0 Å². The standard InChI is InChI=1S/C26H35N5/c1-3-30-16-8-9-20(17-30)18-31-23-13-5-4-12-22(23)28-25(31)19-29(2)24-14-6-10-21-11-7-15-27-26(21)24/h4-5,7,11-13,15,20,24H,3,6,8-10,14,16-19H2,1-2H3/t20-,24?/m0/s1. The van der Waals surface area contributed by atoms with Gasteiger partial charge in [-0.05, 0) is 81.9 Å². The van der Waals surface area contributed by atoms with Gasteiger partial charge in [0.05, 0.1) is 29.3 Å². The third-order valence-electron chi connectivity index (χ3n) is 7.31. The van der Waals surface area contributed by atoms with Crippen LogP contribution in [0.1, 0.15) is 55.7 Å². The summed E-state index contributed by atoms with van der Waals surface area (Å²) in [7, 11) is 2.25. The van der Waals surface area contributed by atoms with Crippen LogP contribution in [-0.2, 0) is 19.5 Å².